The van der Waals surface area contributed by atoms with Crippen molar-refractivity contribution >= 4 is 33.5 Å². The van der Waals surface area contributed by atoms with E-state index >= 15 is 0 Å². The Hall–Kier alpha value is -2.43. The molecule has 0 saturated carbocycles. The number of aromatic nitrogens is 3. The van der Waals surface area contributed by atoms with Crippen LogP contribution in [0, 0.1) is 5.92 Å². The monoisotopic (exact) mass is 296 g/mol. The molecule has 0 radical (unpaired) electrons. The van der Waals surface area contributed by atoms with E-state index < -0.39 is 0 Å². The number of fused-ring (bicyclic) bond motifs is 3. The molecule has 1 amide bonds. The van der Waals surface area contributed by atoms with Crippen LogP contribution in [0.2, 0.25) is 0 Å². The average Bonchev–Trinajstić information content (AvgIpc) is 2.79. The molecule has 2 aromatic heterocycles. The fraction of sp³-hybridized carbons (Fsp3) is 0.353. The van der Waals surface area contributed by atoms with Crippen LogP contribution in [-0.4, -0.2) is 20.7 Å². The van der Waals surface area contributed by atoms with Gasteiger partial charge in [-0.05, 0) is 24.0 Å². The summed E-state index contributed by atoms with van der Waals surface area (Å²) in [5.41, 5.74) is 2.90. The Kier molecular flexibility index (Phi) is 3.56. The van der Waals surface area contributed by atoms with Gasteiger partial charge >= 0.3 is 0 Å². The fourth-order valence-corrected chi connectivity index (χ4v) is 2.87. The van der Waals surface area contributed by atoms with E-state index in [0.29, 0.717) is 11.7 Å². The molecule has 1 N–H and O–H groups in total. The zero-order chi connectivity index (χ0) is 15.9. The Morgan fingerprint density at radius 2 is 2.14 bits per heavy atom. The first-order valence-corrected chi connectivity index (χ1v) is 7.48. The number of amides is 1. The van der Waals surface area contributed by atoms with E-state index in [1.165, 1.54) is 12.5 Å². The number of anilines is 1. The van der Waals surface area contributed by atoms with Crippen LogP contribution in [0.3, 0.4) is 0 Å². The van der Waals surface area contributed by atoms with Gasteiger partial charge in [-0.15, -0.1) is 0 Å². The minimum absolute atomic E-state index is 0.142. The quantitative estimate of drug-likeness (QED) is 0.807. The zero-order valence-electron chi connectivity index (χ0n) is 13.3. The molecule has 0 unspecified atom stereocenters. The van der Waals surface area contributed by atoms with Crippen LogP contribution < -0.4 is 5.32 Å². The molecule has 2 heterocycles. The van der Waals surface area contributed by atoms with Crippen LogP contribution in [0.25, 0.3) is 21.8 Å². The maximum Gasteiger partial charge on any atom is 0.222 e. The molecule has 0 aliphatic rings. The number of hydrogen-bond acceptors (Lipinski definition) is 3. The van der Waals surface area contributed by atoms with Gasteiger partial charge in [0.05, 0.1) is 5.52 Å². The van der Waals surface area contributed by atoms with E-state index in [-0.39, 0.29) is 5.91 Å². The highest BCUT2D eigenvalue weighted by Crippen LogP contribution is 2.31. The Balaban J connectivity index is 2.35. The number of nitrogens with zero attached hydrogens (tertiary/aromatic N) is 3. The van der Waals surface area contributed by atoms with Gasteiger partial charge in [0.25, 0.3) is 0 Å². The van der Waals surface area contributed by atoms with Crippen molar-refractivity contribution in [3.63, 3.8) is 0 Å². The lowest BCUT2D eigenvalue weighted by Gasteiger charge is -2.11. The molecule has 5 nitrogen and oxygen atoms in total. The van der Waals surface area contributed by atoms with Crippen LogP contribution in [0.15, 0.2) is 24.4 Å². The van der Waals surface area contributed by atoms with Gasteiger partial charge in [-0.3, -0.25) is 9.48 Å². The van der Waals surface area contributed by atoms with Crippen LogP contribution in [0.5, 0.6) is 0 Å². The molecule has 114 valence electrons. The summed E-state index contributed by atoms with van der Waals surface area (Å²) < 4.78 is 1.77. The second-order valence-corrected chi connectivity index (χ2v) is 6.12. The molecule has 3 aromatic rings. The number of carbonyl (C=O) groups is 1. The van der Waals surface area contributed by atoms with Crippen LogP contribution >= 0.6 is 0 Å². The topological polar surface area (TPSA) is 59.8 Å². The minimum Gasteiger partial charge on any atom is -0.309 e. The van der Waals surface area contributed by atoms with Crippen molar-refractivity contribution in [1.82, 2.24) is 14.8 Å². The van der Waals surface area contributed by atoms with Gasteiger partial charge in [-0.25, -0.2) is 4.98 Å². The summed E-state index contributed by atoms with van der Waals surface area (Å²) in [5.74, 6) is 0.946. The Labute approximate surface area is 129 Å². The Morgan fingerprint density at radius 3 is 2.82 bits per heavy atom. The lowest BCUT2D eigenvalue weighted by molar-refractivity contribution is -0.114. The van der Waals surface area contributed by atoms with Gasteiger partial charge in [0.2, 0.25) is 5.91 Å². The number of rotatable bonds is 3. The van der Waals surface area contributed by atoms with E-state index in [2.05, 4.69) is 35.3 Å². The molecule has 0 aliphatic heterocycles. The van der Waals surface area contributed by atoms with E-state index in [9.17, 15) is 4.79 Å². The SMILES string of the molecule is CC(=O)Nc1nc2cccc(CC(C)C)c2c2cn(C)nc12. The maximum atomic E-state index is 11.4. The highest BCUT2D eigenvalue weighted by molar-refractivity contribution is 6.11. The Bertz CT molecular complexity index is 864. The average molecular weight is 296 g/mol. The van der Waals surface area contributed by atoms with Crippen LogP contribution in [0.4, 0.5) is 5.82 Å². The molecule has 0 bridgehead atoms. The molecule has 22 heavy (non-hydrogen) atoms. The van der Waals surface area contributed by atoms with Crippen molar-refractivity contribution < 1.29 is 4.79 Å². The second-order valence-electron chi connectivity index (χ2n) is 6.12. The second kappa shape index (κ2) is 5.40. The molecule has 5 heteroatoms. The fourth-order valence-electron chi connectivity index (χ4n) is 2.87. The molecule has 0 atom stereocenters. The molecule has 3 rings (SSSR count). The highest BCUT2D eigenvalue weighted by atomic mass is 16.1. The first kappa shape index (κ1) is 14.5. The summed E-state index contributed by atoms with van der Waals surface area (Å²) in [6.45, 7) is 5.90. The smallest absolute Gasteiger partial charge is 0.222 e. The lowest BCUT2D eigenvalue weighted by Crippen LogP contribution is -2.08. The first-order chi connectivity index (χ1) is 10.5. The number of aryl methyl sites for hydroxylation is 1. The third-order valence-electron chi connectivity index (χ3n) is 3.61. The van der Waals surface area contributed by atoms with E-state index in [4.69, 9.17) is 0 Å². The molecule has 0 saturated heterocycles. The molecule has 0 aliphatic carbocycles. The van der Waals surface area contributed by atoms with Crippen molar-refractivity contribution in [1.29, 1.82) is 0 Å². The van der Waals surface area contributed by atoms with Crippen LogP contribution in [-0.2, 0) is 18.3 Å². The maximum absolute atomic E-state index is 11.4. The van der Waals surface area contributed by atoms with E-state index in [1.54, 1.807) is 4.68 Å². The number of nitrogens with one attached hydrogen (secondary N) is 1. The minimum atomic E-state index is -0.142. The molecule has 0 spiro atoms. The van der Waals surface area contributed by atoms with Gasteiger partial charge < -0.3 is 5.32 Å². The van der Waals surface area contributed by atoms with Gasteiger partial charge in [-0.1, -0.05) is 26.0 Å². The number of pyridine rings is 1. The normalized spacial score (nSPS) is 11.5. The van der Waals surface area contributed by atoms with Gasteiger partial charge in [0.15, 0.2) is 5.82 Å². The predicted molar refractivity (Wildman–Crippen MR) is 88.9 cm³/mol. The number of benzene rings is 1. The molecular formula is C17H20N4O. The van der Waals surface area contributed by atoms with Gasteiger partial charge in [0, 0.05) is 30.9 Å². The lowest BCUT2D eigenvalue weighted by atomic mass is 9.97. The zero-order valence-corrected chi connectivity index (χ0v) is 13.3. The first-order valence-electron chi connectivity index (χ1n) is 7.48. The van der Waals surface area contributed by atoms with Crippen molar-refractivity contribution in [2.45, 2.75) is 27.2 Å². The van der Waals surface area contributed by atoms with Crippen molar-refractivity contribution in [3.8, 4) is 0 Å². The molecule has 1 aromatic carbocycles. The summed E-state index contributed by atoms with van der Waals surface area (Å²) in [6, 6.07) is 6.15. The van der Waals surface area contributed by atoms with Crippen molar-refractivity contribution in [2.24, 2.45) is 13.0 Å². The van der Waals surface area contributed by atoms with E-state index in [1.807, 2.05) is 25.4 Å². The summed E-state index contributed by atoms with van der Waals surface area (Å²) in [5, 5.41) is 9.43. The summed E-state index contributed by atoms with van der Waals surface area (Å²) in [7, 11) is 1.88. The summed E-state index contributed by atoms with van der Waals surface area (Å²) in [6.07, 6.45) is 2.98. The number of carbonyl (C=O) groups excluding carboxylic acids is 1. The van der Waals surface area contributed by atoms with Crippen molar-refractivity contribution in [2.75, 3.05) is 5.32 Å². The predicted octanol–water partition coefficient (Wildman–Crippen LogP) is 3.28. The summed E-state index contributed by atoms with van der Waals surface area (Å²) in [4.78, 5) is 16.0. The third-order valence-corrected chi connectivity index (χ3v) is 3.61. The standard InChI is InChI=1S/C17H20N4O/c1-10(2)8-12-6-5-7-14-15(12)13-9-21(4)20-16(13)17(19-14)18-11(3)22/h5-7,9-10H,8H2,1-4H3,(H,18,19,22). The van der Waals surface area contributed by atoms with Crippen molar-refractivity contribution in [3.05, 3.63) is 30.0 Å². The van der Waals surface area contributed by atoms with Crippen LogP contribution in [0.1, 0.15) is 26.3 Å². The van der Waals surface area contributed by atoms with E-state index in [0.717, 1.165) is 28.2 Å². The highest BCUT2D eigenvalue weighted by Gasteiger charge is 2.15. The summed E-state index contributed by atoms with van der Waals surface area (Å²) >= 11 is 0. The molecule has 0 fully saturated rings. The number of hydrogen-bond donors (Lipinski definition) is 1. The largest absolute Gasteiger partial charge is 0.309 e. The van der Waals surface area contributed by atoms with Gasteiger partial charge in [0.1, 0.15) is 5.52 Å². The Morgan fingerprint density at radius 1 is 1.36 bits per heavy atom. The van der Waals surface area contributed by atoms with Gasteiger partial charge in [-0.2, -0.15) is 5.10 Å². The third kappa shape index (κ3) is 2.54. The molecular weight excluding hydrogens is 276 g/mol.